The molecule has 1 heterocycles. The van der Waals surface area contributed by atoms with Gasteiger partial charge in [0.2, 0.25) is 0 Å². The van der Waals surface area contributed by atoms with Crippen molar-refractivity contribution in [2.75, 3.05) is 13.1 Å². The Labute approximate surface area is 131 Å². The standard InChI is InChI=1S/C18H23NO3/c1-3-14(8-9-17(20)21)15-7-6-13(2)16(12-15)18(22)19-10-4-5-11-19/h6-8,12H,3-5,9-11H2,1-2H3,(H,20,21)/b14-8+. The minimum Gasteiger partial charge on any atom is -0.481 e. The maximum atomic E-state index is 12.6. The molecule has 0 unspecified atom stereocenters. The predicted octanol–water partition coefficient (Wildman–Crippen LogP) is 3.50. The zero-order valence-electron chi connectivity index (χ0n) is 13.3. The molecule has 1 aliphatic heterocycles. The van der Waals surface area contributed by atoms with E-state index in [-0.39, 0.29) is 12.3 Å². The number of nitrogens with zero attached hydrogens (tertiary/aromatic N) is 1. The Kier molecular flexibility index (Phi) is 5.36. The minimum atomic E-state index is -0.841. The van der Waals surface area contributed by atoms with Crippen molar-refractivity contribution in [1.29, 1.82) is 0 Å². The number of carboxylic acid groups (broad SMARTS) is 1. The van der Waals surface area contributed by atoms with Crippen LogP contribution in [0.5, 0.6) is 0 Å². The summed E-state index contributed by atoms with van der Waals surface area (Å²) in [5, 5.41) is 8.83. The number of carbonyl (C=O) groups excluding carboxylic acids is 1. The third kappa shape index (κ3) is 3.75. The summed E-state index contributed by atoms with van der Waals surface area (Å²) in [4.78, 5) is 25.3. The second-order valence-electron chi connectivity index (χ2n) is 5.71. The average Bonchev–Trinajstić information content (AvgIpc) is 3.02. The van der Waals surface area contributed by atoms with Crippen LogP contribution in [0.15, 0.2) is 24.3 Å². The first kappa shape index (κ1) is 16.3. The molecule has 0 radical (unpaired) electrons. The van der Waals surface area contributed by atoms with Crippen LogP contribution >= 0.6 is 0 Å². The summed E-state index contributed by atoms with van der Waals surface area (Å²) < 4.78 is 0. The van der Waals surface area contributed by atoms with Gasteiger partial charge in [0.1, 0.15) is 0 Å². The van der Waals surface area contributed by atoms with Crippen LogP contribution < -0.4 is 0 Å². The minimum absolute atomic E-state index is 0.00640. The Morgan fingerprint density at radius 2 is 1.95 bits per heavy atom. The van der Waals surface area contributed by atoms with Crippen LogP contribution in [-0.2, 0) is 4.79 Å². The lowest BCUT2D eigenvalue weighted by Gasteiger charge is -2.18. The third-order valence-corrected chi connectivity index (χ3v) is 4.14. The monoisotopic (exact) mass is 301 g/mol. The summed E-state index contributed by atoms with van der Waals surface area (Å²) in [5.74, 6) is -0.753. The Bertz CT molecular complexity index is 598. The van der Waals surface area contributed by atoms with Crippen LogP contribution in [0.3, 0.4) is 0 Å². The number of rotatable bonds is 5. The summed E-state index contributed by atoms with van der Waals surface area (Å²) in [6.07, 6.45) is 4.63. The van der Waals surface area contributed by atoms with E-state index in [0.717, 1.165) is 54.6 Å². The normalized spacial score (nSPS) is 15.2. The second-order valence-corrected chi connectivity index (χ2v) is 5.71. The molecule has 118 valence electrons. The summed E-state index contributed by atoms with van der Waals surface area (Å²) in [6, 6.07) is 5.82. The molecule has 1 fully saturated rings. The zero-order valence-corrected chi connectivity index (χ0v) is 13.3. The molecule has 0 aromatic heterocycles. The van der Waals surface area contributed by atoms with Crippen molar-refractivity contribution in [2.45, 2.75) is 39.5 Å². The average molecular weight is 301 g/mol. The molecule has 1 amide bonds. The summed E-state index contributed by atoms with van der Waals surface area (Å²) in [6.45, 7) is 5.60. The van der Waals surface area contributed by atoms with Crippen LogP contribution in [-0.4, -0.2) is 35.0 Å². The van der Waals surface area contributed by atoms with E-state index in [1.165, 1.54) is 0 Å². The van der Waals surface area contributed by atoms with Crippen molar-refractivity contribution in [3.63, 3.8) is 0 Å². The van der Waals surface area contributed by atoms with Crippen LogP contribution in [0.4, 0.5) is 0 Å². The molecule has 4 nitrogen and oxygen atoms in total. The maximum absolute atomic E-state index is 12.6. The quantitative estimate of drug-likeness (QED) is 0.905. The number of carbonyl (C=O) groups is 2. The number of benzene rings is 1. The van der Waals surface area contributed by atoms with Crippen molar-refractivity contribution in [3.05, 3.63) is 41.0 Å². The highest BCUT2D eigenvalue weighted by Gasteiger charge is 2.21. The Morgan fingerprint density at radius 1 is 1.27 bits per heavy atom. The first-order valence-corrected chi connectivity index (χ1v) is 7.84. The highest BCUT2D eigenvalue weighted by Crippen LogP contribution is 2.24. The molecule has 22 heavy (non-hydrogen) atoms. The van der Waals surface area contributed by atoms with E-state index in [2.05, 4.69) is 0 Å². The molecule has 1 aromatic carbocycles. The lowest BCUT2D eigenvalue weighted by atomic mass is 9.97. The van der Waals surface area contributed by atoms with Gasteiger partial charge < -0.3 is 10.0 Å². The van der Waals surface area contributed by atoms with Crippen LogP contribution in [0, 0.1) is 6.92 Å². The van der Waals surface area contributed by atoms with Crippen LogP contribution in [0.25, 0.3) is 5.57 Å². The molecule has 1 N–H and O–H groups in total. The van der Waals surface area contributed by atoms with Gasteiger partial charge in [-0.2, -0.15) is 0 Å². The highest BCUT2D eigenvalue weighted by atomic mass is 16.4. The number of aryl methyl sites for hydroxylation is 1. The Balaban J connectivity index is 2.30. The molecular weight excluding hydrogens is 278 g/mol. The SMILES string of the molecule is CC/C(=C\CC(=O)O)c1ccc(C)c(C(=O)N2CCCC2)c1. The zero-order chi connectivity index (χ0) is 16.1. The number of aliphatic carboxylic acids is 1. The maximum Gasteiger partial charge on any atom is 0.307 e. The number of amides is 1. The fourth-order valence-corrected chi connectivity index (χ4v) is 2.82. The molecule has 2 rings (SSSR count). The van der Waals surface area contributed by atoms with Gasteiger partial charge in [-0.3, -0.25) is 9.59 Å². The first-order valence-electron chi connectivity index (χ1n) is 7.84. The van der Waals surface area contributed by atoms with E-state index >= 15 is 0 Å². The molecule has 0 atom stereocenters. The molecule has 0 bridgehead atoms. The van der Waals surface area contributed by atoms with Gasteiger partial charge in [0.05, 0.1) is 6.42 Å². The number of allylic oxidation sites excluding steroid dienone is 1. The van der Waals surface area contributed by atoms with Crippen molar-refractivity contribution >= 4 is 17.4 Å². The number of carboxylic acids is 1. The number of hydrogen-bond donors (Lipinski definition) is 1. The van der Waals surface area contributed by atoms with Gasteiger partial charge in [0.15, 0.2) is 0 Å². The molecular formula is C18H23NO3. The van der Waals surface area contributed by atoms with Crippen LogP contribution in [0.1, 0.15) is 54.1 Å². The van der Waals surface area contributed by atoms with Crippen molar-refractivity contribution in [1.82, 2.24) is 4.90 Å². The van der Waals surface area contributed by atoms with E-state index < -0.39 is 5.97 Å². The molecule has 4 heteroatoms. The molecule has 1 aromatic rings. The highest BCUT2D eigenvalue weighted by molar-refractivity contribution is 5.96. The van der Waals surface area contributed by atoms with Crippen LogP contribution in [0.2, 0.25) is 0 Å². The van der Waals surface area contributed by atoms with Gasteiger partial charge in [-0.15, -0.1) is 0 Å². The van der Waals surface area contributed by atoms with Gasteiger partial charge in [0, 0.05) is 18.7 Å². The fourth-order valence-electron chi connectivity index (χ4n) is 2.82. The van der Waals surface area contributed by atoms with Gasteiger partial charge in [-0.25, -0.2) is 0 Å². The van der Waals surface area contributed by atoms with E-state index in [1.54, 1.807) is 6.08 Å². The van der Waals surface area contributed by atoms with E-state index in [1.807, 2.05) is 36.9 Å². The number of likely N-dealkylation sites (tertiary alicyclic amines) is 1. The van der Waals surface area contributed by atoms with Gasteiger partial charge in [0.25, 0.3) is 5.91 Å². The van der Waals surface area contributed by atoms with Gasteiger partial charge >= 0.3 is 5.97 Å². The largest absolute Gasteiger partial charge is 0.481 e. The fraction of sp³-hybridized carbons (Fsp3) is 0.444. The van der Waals surface area contributed by atoms with Crippen molar-refractivity contribution in [3.8, 4) is 0 Å². The Morgan fingerprint density at radius 3 is 2.55 bits per heavy atom. The smallest absolute Gasteiger partial charge is 0.307 e. The number of hydrogen-bond acceptors (Lipinski definition) is 2. The summed E-state index contributed by atoms with van der Waals surface area (Å²) >= 11 is 0. The molecule has 0 spiro atoms. The first-order chi connectivity index (χ1) is 10.5. The van der Waals surface area contributed by atoms with E-state index in [9.17, 15) is 9.59 Å². The summed E-state index contributed by atoms with van der Waals surface area (Å²) in [7, 11) is 0. The lowest BCUT2D eigenvalue weighted by Crippen LogP contribution is -2.28. The van der Waals surface area contributed by atoms with E-state index in [0.29, 0.717) is 0 Å². The molecule has 1 saturated heterocycles. The summed E-state index contributed by atoms with van der Waals surface area (Å²) in [5.41, 5.74) is 3.61. The van der Waals surface area contributed by atoms with Crippen molar-refractivity contribution in [2.24, 2.45) is 0 Å². The topological polar surface area (TPSA) is 57.6 Å². The Hall–Kier alpha value is -2.10. The molecule has 1 aliphatic rings. The third-order valence-electron chi connectivity index (χ3n) is 4.14. The molecule has 0 aliphatic carbocycles. The second kappa shape index (κ2) is 7.25. The predicted molar refractivity (Wildman–Crippen MR) is 86.8 cm³/mol. The van der Waals surface area contributed by atoms with Gasteiger partial charge in [-0.05, 0) is 49.0 Å². The van der Waals surface area contributed by atoms with E-state index in [4.69, 9.17) is 5.11 Å². The molecule has 0 saturated carbocycles. The van der Waals surface area contributed by atoms with Gasteiger partial charge in [-0.1, -0.05) is 25.1 Å². The van der Waals surface area contributed by atoms with Crippen molar-refractivity contribution < 1.29 is 14.7 Å². The lowest BCUT2D eigenvalue weighted by molar-refractivity contribution is -0.136.